The molecule has 0 aromatic heterocycles. The van der Waals surface area contributed by atoms with Gasteiger partial charge in [0, 0.05) is 17.9 Å². The van der Waals surface area contributed by atoms with Gasteiger partial charge in [0.05, 0.1) is 4.08 Å². The molecule has 2 fully saturated rings. The largest absolute Gasteiger partial charge is 0.465 e. The van der Waals surface area contributed by atoms with Gasteiger partial charge in [-0.15, -0.1) is 23.5 Å². The Balaban J connectivity index is 1.98. The molecule has 2 aliphatic rings. The average molecular weight is 458 g/mol. The van der Waals surface area contributed by atoms with E-state index >= 15 is 0 Å². The van der Waals surface area contributed by atoms with Crippen molar-refractivity contribution >= 4 is 35.5 Å². The first-order valence-electron chi connectivity index (χ1n) is 8.21. The van der Waals surface area contributed by atoms with Crippen molar-refractivity contribution in [2.45, 2.75) is 66.1 Å². The Bertz CT molecular complexity index is 608. The van der Waals surface area contributed by atoms with Crippen LogP contribution in [-0.4, -0.2) is 57.8 Å². The Kier molecular flexibility index (Phi) is 6.79. The molecule has 0 bridgehead atoms. The summed E-state index contributed by atoms with van der Waals surface area (Å²) in [4.78, 5) is 22.6. The second-order valence-corrected chi connectivity index (χ2v) is 9.80. The molecule has 3 unspecified atom stereocenters. The molecule has 1 aliphatic carbocycles. The number of esters is 2. The van der Waals surface area contributed by atoms with Crippen LogP contribution in [0.15, 0.2) is 0 Å². The van der Waals surface area contributed by atoms with E-state index in [9.17, 15) is 40.3 Å². The summed E-state index contributed by atoms with van der Waals surface area (Å²) in [7, 11) is 0. The van der Waals surface area contributed by atoms with E-state index in [0.717, 1.165) is 11.8 Å². The van der Waals surface area contributed by atoms with Crippen LogP contribution < -0.4 is 0 Å². The molecule has 1 saturated heterocycles. The first kappa shape index (κ1) is 23.4. The van der Waals surface area contributed by atoms with Gasteiger partial charge in [0.1, 0.15) is 12.7 Å². The predicted molar refractivity (Wildman–Crippen MR) is 87.5 cm³/mol. The highest BCUT2D eigenvalue weighted by atomic mass is 32.2. The van der Waals surface area contributed by atoms with Crippen molar-refractivity contribution in [2.75, 3.05) is 12.4 Å². The van der Waals surface area contributed by atoms with Gasteiger partial charge in [-0.25, -0.2) is 9.59 Å². The third kappa shape index (κ3) is 5.00. The molecular weight excluding hydrogens is 441 g/mol. The maximum absolute atomic E-state index is 13.1. The number of thioether (sulfide) groups is 2. The number of hydrogen-bond acceptors (Lipinski definition) is 6. The van der Waals surface area contributed by atoms with Crippen LogP contribution >= 0.6 is 23.5 Å². The number of hydrogen-bond donors (Lipinski definition) is 0. The van der Waals surface area contributed by atoms with Crippen LogP contribution in [0, 0.1) is 0 Å². The van der Waals surface area contributed by atoms with Crippen molar-refractivity contribution in [1.29, 1.82) is 0 Å². The van der Waals surface area contributed by atoms with Gasteiger partial charge in [0.15, 0.2) is 0 Å². The maximum Gasteiger partial charge on any atom is 0.465 e. The second kappa shape index (κ2) is 8.11. The Labute approximate surface area is 164 Å². The summed E-state index contributed by atoms with van der Waals surface area (Å²) >= 11 is 2.33. The number of halogens is 7. The first-order valence-corrected chi connectivity index (χ1v) is 10.1. The van der Waals surface area contributed by atoms with Gasteiger partial charge in [0.2, 0.25) is 0 Å². The van der Waals surface area contributed by atoms with Gasteiger partial charge in [-0.1, -0.05) is 6.42 Å². The molecule has 162 valence electrons. The van der Waals surface area contributed by atoms with Gasteiger partial charge in [-0.3, -0.25) is 0 Å². The van der Waals surface area contributed by atoms with Gasteiger partial charge in [-0.05, 0) is 19.3 Å². The van der Waals surface area contributed by atoms with Crippen LogP contribution in [0.1, 0.15) is 32.6 Å². The summed E-state index contributed by atoms with van der Waals surface area (Å²) < 4.78 is 96.9. The lowest BCUT2D eigenvalue weighted by atomic mass is 9.96. The van der Waals surface area contributed by atoms with E-state index in [2.05, 4.69) is 4.74 Å². The lowest BCUT2D eigenvalue weighted by Gasteiger charge is -2.39. The highest BCUT2D eigenvalue weighted by Crippen LogP contribution is 2.57. The molecule has 1 heterocycles. The molecule has 1 aliphatic heterocycles. The van der Waals surface area contributed by atoms with Crippen LogP contribution in [0.2, 0.25) is 0 Å². The molecule has 0 aromatic rings. The van der Waals surface area contributed by atoms with Crippen LogP contribution in [0.4, 0.5) is 30.7 Å². The lowest BCUT2D eigenvalue weighted by molar-refractivity contribution is -0.280. The summed E-state index contributed by atoms with van der Waals surface area (Å²) in [6, 6.07) is 0. The van der Waals surface area contributed by atoms with E-state index in [1.807, 2.05) is 0 Å². The molecule has 0 radical (unpaired) electrons. The van der Waals surface area contributed by atoms with Crippen LogP contribution in [0.25, 0.3) is 0 Å². The van der Waals surface area contributed by atoms with E-state index in [0.29, 0.717) is 32.6 Å². The number of carbonyl (C=O) groups excluding carboxylic acids is 2. The quantitative estimate of drug-likeness (QED) is 0.449. The van der Waals surface area contributed by atoms with E-state index in [4.69, 9.17) is 4.74 Å². The zero-order valence-corrected chi connectivity index (χ0v) is 16.1. The van der Waals surface area contributed by atoms with Gasteiger partial charge >= 0.3 is 30.0 Å². The number of alkyl halides is 7. The van der Waals surface area contributed by atoms with Crippen LogP contribution in [0.3, 0.4) is 0 Å². The van der Waals surface area contributed by atoms with E-state index in [1.54, 1.807) is 0 Å². The van der Waals surface area contributed by atoms with Crippen molar-refractivity contribution in [2.24, 2.45) is 0 Å². The van der Waals surface area contributed by atoms with E-state index in [1.165, 1.54) is 11.8 Å². The normalized spacial score (nSPS) is 29.0. The highest BCUT2D eigenvalue weighted by molar-refractivity contribution is 8.21. The minimum Gasteiger partial charge on any atom is -0.460 e. The zero-order valence-electron chi connectivity index (χ0n) is 14.5. The van der Waals surface area contributed by atoms with Crippen molar-refractivity contribution in [1.82, 2.24) is 0 Å². The van der Waals surface area contributed by atoms with Crippen molar-refractivity contribution in [3.63, 3.8) is 0 Å². The summed E-state index contributed by atoms with van der Waals surface area (Å²) in [5, 5.41) is -0.639. The van der Waals surface area contributed by atoms with E-state index < -0.39 is 52.0 Å². The number of carbonyl (C=O) groups is 2. The summed E-state index contributed by atoms with van der Waals surface area (Å²) in [6.07, 6.45) is -4.80. The fourth-order valence-corrected chi connectivity index (χ4v) is 6.65. The standard InChI is InChI=1S/C15H17F7O4S2/c1-12(16,17)10(23)26-9-4-2-3-5-13(9)27-7-8(28-13)6-25-11(24)14(18,19)15(20,21)22/h8-9H,2-7H2,1H3. The molecule has 28 heavy (non-hydrogen) atoms. The summed E-state index contributed by atoms with van der Waals surface area (Å²) in [5.41, 5.74) is 0. The average Bonchev–Trinajstić information content (AvgIpc) is 2.96. The van der Waals surface area contributed by atoms with Crippen molar-refractivity contribution < 1.29 is 49.8 Å². The second-order valence-electron chi connectivity index (χ2n) is 6.56. The van der Waals surface area contributed by atoms with Crippen LogP contribution in [-0.2, 0) is 19.1 Å². The molecule has 3 atom stereocenters. The topological polar surface area (TPSA) is 52.6 Å². The minimum absolute atomic E-state index is 0.214. The smallest absolute Gasteiger partial charge is 0.460 e. The monoisotopic (exact) mass is 458 g/mol. The summed E-state index contributed by atoms with van der Waals surface area (Å²) in [6.45, 7) is -0.294. The Morgan fingerprint density at radius 2 is 1.71 bits per heavy atom. The van der Waals surface area contributed by atoms with Gasteiger partial charge in [-0.2, -0.15) is 30.7 Å². The van der Waals surface area contributed by atoms with Gasteiger partial charge < -0.3 is 9.47 Å². The molecule has 0 N–H and O–H groups in total. The third-order valence-electron chi connectivity index (χ3n) is 4.23. The minimum atomic E-state index is -6.06. The fourth-order valence-electron chi connectivity index (χ4n) is 2.80. The molecule has 13 heteroatoms. The van der Waals surface area contributed by atoms with Gasteiger partial charge in [0.25, 0.3) is 0 Å². The molecule has 0 aromatic carbocycles. The highest BCUT2D eigenvalue weighted by Gasteiger charge is 2.65. The third-order valence-corrected chi connectivity index (χ3v) is 8.11. The van der Waals surface area contributed by atoms with Crippen molar-refractivity contribution in [3.8, 4) is 0 Å². The number of rotatable bonds is 5. The summed E-state index contributed by atoms with van der Waals surface area (Å²) in [5.74, 6) is -13.4. The Hall–Kier alpha value is -0.850. The zero-order chi connectivity index (χ0) is 21.4. The fraction of sp³-hybridized carbons (Fsp3) is 0.867. The Morgan fingerprint density at radius 3 is 2.29 bits per heavy atom. The predicted octanol–water partition coefficient (Wildman–Crippen LogP) is 4.41. The molecule has 0 amide bonds. The molecule has 1 spiro atoms. The number of ether oxygens (including phenoxy) is 2. The van der Waals surface area contributed by atoms with Crippen molar-refractivity contribution in [3.05, 3.63) is 0 Å². The SMILES string of the molecule is CC(F)(F)C(=O)OC1CCCCC12SCC(COC(=O)C(F)(F)C(F)(F)F)S2. The molecule has 1 saturated carbocycles. The lowest BCUT2D eigenvalue weighted by Crippen LogP contribution is -2.46. The molecule has 4 nitrogen and oxygen atoms in total. The molecule has 2 rings (SSSR count). The first-order chi connectivity index (χ1) is 12.7. The molecular formula is C15H17F7O4S2. The Morgan fingerprint density at radius 1 is 1.07 bits per heavy atom. The van der Waals surface area contributed by atoms with Crippen LogP contribution in [0.5, 0.6) is 0 Å². The van der Waals surface area contributed by atoms with E-state index in [-0.39, 0.29) is 5.75 Å². The maximum atomic E-state index is 13.1.